The Morgan fingerprint density at radius 1 is 1.16 bits per heavy atom. The van der Waals surface area contributed by atoms with E-state index in [-0.39, 0.29) is 24.6 Å². The Morgan fingerprint density at radius 3 is 2.66 bits per heavy atom. The molecule has 0 bridgehead atoms. The number of fused-ring (bicyclic) bond motifs is 1. The number of rotatable bonds is 10. The number of aryl methyl sites for hydroxylation is 1. The summed E-state index contributed by atoms with van der Waals surface area (Å²) in [6, 6.07) is 10.2. The van der Waals surface area contributed by atoms with Crippen LogP contribution in [-0.4, -0.2) is 45.7 Å². The number of ketones is 1. The lowest BCUT2D eigenvalue weighted by atomic mass is 10.1. The van der Waals surface area contributed by atoms with E-state index in [1.807, 2.05) is 13.0 Å². The van der Waals surface area contributed by atoms with Crippen LogP contribution >= 0.6 is 11.6 Å². The third-order valence-electron chi connectivity index (χ3n) is 5.24. The molecule has 7 nitrogen and oxygen atoms in total. The van der Waals surface area contributed by atoms with Gasteiger partial charge in [0.15, 0.2) is 12.4 Å². The van der Waals surface area contributed by atoms with E-state index < -0.39 is 16.0 Å². The lowest BCUT2D eigenvalue weighted by molar-refractivity contribution is -0.142. The molecule has 1 aliphatic heterocycles. The number of carbonyl (C=O) groups excluding carboxylic acids is 2. The maximum Gasteiger partial charge on any atom is 0.306 e. The number of benzene rings is 2. The molecule has 3 rings (SSSR count). The van der Waals surface area contributed by atoms with Crippen molar-refractivity contribution in [3.05, 3.63) is 58.1 Å². The second kappa shape index (κ2) is 10.4. The summed E-state index contributed by atoms with van der Waals surface area (Å²) in [7, 11) is -3.34. The lowest BCUT2D eigenvalue weighted by Crippen LogP contribution is -2.30. The molecule has 1 aliphatic rings. The molecule has 0 saturated heterocycles. The first kappa shape index (κ1) is 24.1. The summed E-state index contributed by atoms with van der Waals surface area (Å²) in [6.45, 7) is 3.84. The fourth-order valence-corrected chi connectivity index (χ4v) is 4.68. The first-order valence-corrected chi connectivity index (χ1v) is 12.4. The van der Waals surface area contributed by atoms with Gasteiger partial charge in [0, 0.05) is 23.6 Å². The normalized spacial score (nSPS) is 13.0. The highest BCUT2D eigenvalue weighted by molar-refractivity contribution is 7.92. The van der Waals surface area contributed by atoms with Crippen molar-refractivity contribution in [1.29, 1.82) is 0 Å². The van der Waals surface area contributed by atoms with Gasteiger partial charge in [-0.05, 0) is 74.2 Å². The largest absolute Gasteiger partial charge is 0.494 e. The maximum absolute atomic E-state index is 12.4. The van der Waals surface area contributed by atoms with Crippen LogP contribution in [0.2, 0.25) is 5.02 Å². The molecule has 0 N–H and O–H groups in total. The van der Waals surface area contributed by atoms with Crippen molar-refractivity contribution in [2.75, 3.05) is 29.8 Å². The number of esters is 1. The highest BCUT2D eigenvalue weighted by atomic mass is 35.5. The molecule has 9 heteroatoms. The summed E-state index contributed by atoms with van der Waals surface area (Å²) in [5.74, 6) is -0.105. The Morgan fingerprint density at radius 2 is 1.94 bits per heavy atom. The van der Waals surface area contributed by atoms with Gasteiger partial charge in [0.05, 0.1) is 18.0 Å². The number of carbonyl (C=O) groups is 2. The van der Waals surface area contributed by atoms with Gasteiger partial charge in [0.1, 0.15) is 5.75 Å². The Labute approximate surface area is 193 Å². The molecule has 0 fully saturated rings. The predicted molar refractivity (Wildman–Crippen MR) is 123 cm³/mol. The summed E-state index contributed by atoms with van der Waals surface area (Å²) in [5, 5.41) is 0.664. The van der Waals surface area contributed by atoms with E-state index in [0.717, 1.165) is 11.1 Å². The zero-order valence-electron chi connectivity index (χ0n) is 18.1. The standard InChI is InChI=1S/C23H26ClNO6S/c1-3-32(28,29)25-11-10-17-14-18(6-9-21(17)25)22(26)15-31-23(27)5-4-12-30-19-7-8-20(24)16(2)13-19/h6-9,13-14H,3-5,10-12,15H2,1-2H3. The summed E-state index contributed by atoms with van der Waals surface area (Å²) in [5.41, 5.74) is 2.71. The number of ether oxygens (including phenoxy) is 2. The first-order valence-electron chi connectivity index (χ1n) is 10.4. The minimum absolute atomic E-state index is 0.0213. The number of anilines is 1. The van der Waals surface area contributed by atoms with Crippen LogP contribution < -0.4 is 9.04 Å². The van der Waals surface area contributed by atoms with Crippen LogP contribution in [0.5, 0.6) is 5.75 Å². The summed E-state index contributed by atoms with van der Waals surface area (Å²) >= 11 is 5.98. The van der Waals surface area contributed by atoms with E-state index >= 15 is 0 Å². The van der Waals surface area contributed by atoms with Gasteiger partial charge in [-0.2, -0.15) is 0 Å². The van der Waals surface area contributed by atoms with Crippen molar-refractivity contribution in [1.82, 2.24) is 0 Å². The molecule has 2 aromatic rings. The van der Waals surface area contributed by atoms with Crippen LogP contribution in [0.25, 0.3) is 0 Å². The molecular weight excluding hydrogens is 454 g/mol. The van der Waals surface area contributed by atoms with Gasteiger partial charge in [-0.1, -0.05) is 11.6 Å². The van der Waals surface area contributed by atoms with Crippen LogP contribution in [-0.2, 0) is 26.0 Å². The average molecular weight is 480 g/mol. The third kappa shape index (κ3) is 5.81. The second-order valence-electron chi connectivity index (χ2n) is 7.51. The van der Waals surface area contributed by atoms with Gasteiger partial charge in [-0.15, -0.1) is 0 Å². The summed E-state index contributed by atoms with van der Waals surface area (Å²) < 4.78 is 36.4. The Balaban J connectivity index is 1.44. The van der Waals surface area contributed by atoms with Crippen molar-refractivity contribution in [2.45, 2.75) is 33.1 Å². The zero-order chi connectivity index (χ0) is 23.3. The zero-order valence-corrected chi connectivity index (χ0v) is 19.7. The molecule has 0 radical (unpaired) electrons. The van der Waals surface area contributed by atoms with E-state index in [1.54, 1.807) is 37.3 Å². The topological polar surface area (TPSA) is 90.0 Å². The average Bonchev–Trinajstić information content (AvgIpc) is 3.21. The lowest BCUT2D eigenvalue weighted by Gasteiger charge is -2.18. The smallest absolute Gasteiger partial charge is 0.306 e. The number of nitrogens with zero attached hydrogens (tertiary/aromatic N) is 1. The molecule has 1 heterocycles. The van der Waals surface area contributed by atoms with Gasteiger partial charge >= 0.3 is 5.97 Å². The number of hydrogen-bond acceptors (Lipinski definition) is 6. The van der Waals surface area contributed by atoms with Gasteiger partial charge in [0.25, 0.3) is 0 Å². The van der Waals surface area contributed by atoms with Crippen molar-refractivity contribution in [2.24, 2.45) is 0 Å². The Bertz CT molecular complexity index is 1120. The highest BCUT2D eigenvalue weighted by Gasteiger charge is 2.28. The van der Waals surface area contributed by atoms with Gasteiger partial charge in [0.2, 0.25) is 10.0 Å². The SMILES string of the molecule is CCS(=O)(=O)N1CCc2cc(C(=O)COC(=O)CCCOc3ccc(Cl)c(C)c3)ccc21. The molecule has 32 heavy (non-hydrogen) atoms. The van der Waals surface area contributed by atoms with Crippen LogP contribution in [0, 0.1) is 6.92 Å². The van der Waals surface area contributed by atoms with Crippen molar-refractivity contribution < 1.29 is 27.5 Å². The fraction of sp³-hybridized carbons (Fsp3) is 0.391. The number of hydrogen-bond donors (Lipinski definition) is 0. The predicted octanol–water partition coefficient (Wildman–Crippen LogP) is 3.95. The number of sulfonamides is 1. The Kier molecular flexibility index (Phi) is 7.79. The molecule has 0 atom stereocenters. The number of Topliss-reactive ketones (excluding diaryl/α,β-unsaturated/α-hetero) is 1. The van der Waals surface area contributed by atoms with E-state index in [9.17, 15) is 18.0 Å². The molecule has 0 unspecified atom stereocenters. The van der Waals surface area contributed by atoms with Gasteiger partial charge in [-0.25, -0.2) is 8.42 Å². The van der Waals surface area contributed by atoms with E-state index in [2.05, 4.69) is 0 Å². The second-order valence-corrected chi connectivity index (χ2v) is 10.1. The monoisotopic (exact) mass is 479 g/mol. The van der Waals surface area contributed by atoms with Crippen molar-refractivity contribution >= 4 is 39.1 Å². The number of halogens is 1. The molecule has 0 aromatic heterocycles. The van der Waals surface area contributed by atoms with Crippen molar-refractivity contribution in [3.63, 3.8) is 0 Å². The molecule has 0 spiro atoms. The molecule has 172 valence electrons. The summed E-state index contributed by atoms with van der Waals surface area (Å²) in [6.07, 6.45) is 1.13. The molecular formula is C23H26ClNO6S. The highest BCUT2D eigenvalue weighted by Crippen LogP contribution is 2.31. The third-order valence-corrected chi connectivity index (χ3v) is 7.45. The van der Waals surface area contributed by atoms with Crippen LogP contribution in [0.4, 0.5) is 5.69 Å². The summed E-state index contributed by atoms with van der Waals surface area (Å²) in [4.78, 5) is 24.4. The van der Waals surface area contributed by atoms with E-state index in [1.165, 1.54) is 4.31 Å². The maximum atomic E-state index is 12.4. The minimum Gasteiger partial charge on any atom is -0.494 e. The Hall–Kier alpha value is -2.58. The van der Waals surface area contributed by atoms with E-state index in [4.69, 9.17) is 21.1 Å². The fourth-order valence-electron chi connectivity index (χ4n) is 3.40. The van der Waals surface area contributed by atoms with Crippen LogP contribution in [0.1, 0.15) is 41.3 Å². The molecule has 0 saturated carbocycles. The molecule has 2 aromatic carbocycles. The van der Waals surface area contributed by atoms with Gasteiger partial charge in [-0.3, -0.25) is 13.9 Å². The van der Waals surface area contributed by atoms with Crippen molar-refractivity contribution in [3.8, 4) is 5.75 Å². The molecule has 0 amide bonds. The first-order chi connectivity index (χ1) is 15.2. The minimum atomic E-state index is -3.34. The van der Waals surface area contributed by atoms with Gasteiger partial charge < -0.3 is 9.47 Å². The molecule has 0 aliphatic carbocycles. The quantitative estimate of drug-likeness (QED) is 0.291. The van der Waals surface area contributed by atoms with E-state index in [0.29, 0.717) is 48.0 Å². The van der Waals surface area contributed by atoms with Crippen LogP contribution in [0.15, 0.2) is 36.4 Å². The van der Waals surface area contributed by atoms with Crippen LogP contribution in [0.3, 0.4) is 0 Å².